The standard InChI is InChI=1S/C19H23N3O4S/c1-4-24-15-8-19(20,18(15,2)3)16(23)22-17-21-12(9-27-17)11-5-6-13-14(7-11)26-10-25-13/h5-7,9,15H,4,8,10,20H2,1-3H3,(H,21,22,23). The van der Waals surface area contributed by atoms with Gasteiger partial charge in [0.2, 0.25) is 12.7 Å². The van der Waals surface area contributed by atoms with Gasteiger partial charge in [0.25, 0.3) is 0 Å². The van der Waals surface area contributed by atoms with Gasteiger partial charge in [-0.25, -0.2) is 4.98 Å². The predicted molar refractivity (Wildman–Crippen MR) is 103 cm³/mol. The van der Waals surface area contributed by atoms with Crippen LogP contribution in [0.25, 0.3) is 11.3 Å². The maximum Gasteiger partial charge on any atom is 0.246 e. The molecule has 1 saturated carbocycles. The van der Waals surface area contributed by atoms with Crippen LogP contribution in [-0.4, -0.2) is 35.9 Å². The van der Waals surface area contributed by atoms with E-state index in [-0.39, 0.29) is 18.8 Å². The Hall–Kier alpha value is -2.16. The molecule has 2 atom stereocenters. The number of anilines is 1. The van der Waals surface area contributed by atoms with E-state index in [9.17, 15) is 4.79 Å². The molecule has 0 bridgehead atoms. The zero-order valence-corrected chi connectivity index (χ0v) is 16.4. The number of nitrogens with two attached hydrogens (primary N) is 1. The number of ether oxygens (including phenoxy) is 3. The highest BCUT2D eigenvalue weighted by atomic mass is 32.1. The van der Waals surface area contributed by atoms with Gasteiger partial charge in [-0.2, -0.15) is 0 Å². The van der Waals surface area contributed by atoms with E-state index in [0.29, 0.717) is 23.9 Å². The lowest BCUT2D eigenvalue weighted by atomic mass is 9.54. The normalized spacial score (nSPS) is 25.1. The molecular formula is C19H23N3O4S. The SMILES string of the molecule is CCOC1CC(N)(C(=O)Nc2nc(-c3ccc4c(c3)OCO4)cs2)C1(C)C. The van der Waals surface area contributed by atoms with E-state index in [4.69, 9.17) is 19.9 Å². The second-order valence-electron chi connectivity index (χ2n) is 7.40. The first-order valence-corrected chi connectivity index (χ1v) is 9.80. The first-order valence-electron chi connectivity index (χ1n) is 8.92. The van der Waals surface area contributed by atoms with Crippen molar-refractivity contribution < 1.29 is 19.0 Å². The van der Waals surface area contributed by atoms with E-state index in [1.807, 2.05) is 44.4 Å². The van der Waals surface area contributed by atoms with Gasteiger partial charge in [0.05, 0.1) is 11.8 Å². The Morgan fingerprint density at radius 2 is 2.19 bits per heavy atom. The Morgan fingerprint density at radius 1 is 1.41 bits per heavy atom. The molecule has 8 heteroatoms. The van der Waals surface area contributed by atoms with Crippen molar-refractivity contribution >= 4 is 22.4 Å². The maximum atomic E-state index is 12.8. The summed E-state index contributed by atoms with van der Waals surface area (Å²) >= 11 is 1.37. The molecule has 1 aromatic heterocycles. The third kappa shape index (κ3) is 2.88. The van der Waals surface area contributed by atoms with Crippen LogP contribution in [0.4, 0.5) is 5.13 Å². The molecule has 1 aliphatic heterocycles. The second kappa shape index (κ2) is 6.47. The minimum absolute atomic E-state index is 0.0151. The Labute approximate surface area is 161 Å². The summed E-state index contributed by atoms with van der Waals surface area (Å²) in [7, 11) is 0. The molecule has 144 valence electrons. The number of hydrogen-bond acceptors (Lipinski definition) is 7. The number of nitrogens with one attached hydrogen (secondary N) is 1. The van der Waals surface area contributed by atoms with Crippen molar-refractivity contribution in [1.29, 1.82) is 0 Å². The molecule has 1 fully saturated rings. The van der Waals surface area contributed by atoms with Gasteiger partial charge in [-0.05, 0) is 25.1 Å². The number of carbonyl (C=O) groups excluding carboxylic acids is 1. The Morgan fingerprint density at radius 3 is 2.93 bits per heavy atom. The average Bonchev–Trinajstić information content (AvgIpc) is 3.29. The number of hydrogen-bond donors (Lipinski definition) is 2. The van der Waals surface area contributed by atoms with Crippen molar-refractivity contribution in [2.75, 3.05) is 18.7 Å². The number of fused-ring (bicyclic) bond motifs is 1. The molecule has 0 radical (unpaired) electrons. The summed E-state index contributed by atoms with van der Waals surface area (Å²) in [5.74, 6) is 1.20. The van der Waals surface area contributed by atoms with Crippen molar-refractivity contribution in [2.24, 2.45) is 11.1 Å². The third-order valence-electron chi connectivity index (χ3n) is 5.63. The minimum Gasteiger partial charge on any atom is -0.454 e. The van der Waals surface area contributed by atoms with Crippen molar-refractivity contribution in [2.45, 2.75) is 38.8 Å². The molecule has 0 saturated heterocycles. The molecule has 2 heterocycles. The van der Waals surface area contributed by atoms with Crippen LogP contribution in [0.15, 0.2) is 23.6 Å². The third-order valence-corrected chi connectivity index (χ3v) is 6.39. The summed E-state index contributed by atoms with van der Waals surface area (Å²) in [5.41, 5.74) is 6.68. The van der Waals surface area contributed by atoms with Gasteiger partial charge in [0.1, 0.15) is 5.54 Å². The quantitative estimate of drug-likeness (QED) is 0.816. The molecule has 2 unspecified atom stereocenters. The van der Waals surface area contributed by atoms with Crippen molar-refractivity contribution in [3.05, 3.63) is 23.6 Å². The first kappa shape index (κ1) is 18.2. The summed E-state index contributed by atoms with van der Waals surface area (Å²) in [4.78, 5) is 17.3. The summed E-state index contributed by atoms with van der Waals surface area (Å²) < 4.78 is 16.4. The number of carbonyl (C=O) groups is 1. The zero-order chi connectivity index (χ0) is 19.2. The van der Waals surface area contributed by atoms with E-state index in [1.165, 1.54) is 11.3 Å². The number of benzene rings is 1. The van der Waals surface area contributed by atoms with Crippen LogP contribution in [0.3, 0.4) is 0 Å². The van der Waals surface area contributed by atoms with E-state index in [2.05, 4.69) is 10.3 Å². The van der Waals surface area contributed by atoms with E-state index >= 15 is 0 Å². The van der Waals surface area contributed by atoms with Crippen LogP contribution in [0, 0.1) is 5.41 Å². The largest absolute Gasteiger partial charge is 0.454 e. The van der Waals surface area contributed by atoms with Crippen LogP contribution in [0.5, 0.6) is 11.5 Å². The maximum absolute atomic E-state index is 12.8. The highest BCUT2D eigenvalue weighted by Crippen LogP contribution is 2.50. The smallest absolute Gasteiger partial charge is 0.246 e. The molecule has 0 spiro atoms. The molecule has 7 nitrogen and oxygen atoms in total. The van der Waals surface area contributed by atoms with E-state index in [1.54, 1.807) is 0 Å². The Kier molecular flexibility index (Phi) is 4.37. The van der Waals surface area contributed by atoms with E-state index in [0.717, 1.165) is 17.0 Å². The lowest BCUT2D eigenvalue weighted by molar-refractivity contribution is -0.166. The van der Waals surface area contributed by atoms with Gasteiger partial charge in [0.15, 0.2) is 16.6 Å². The van der Waals surface area contributed by atoms with Gasteiger partial charge in [0, 0.05) is 29.4 Å². The van der Waals surface area contributed by atoms with Crippen LogP contribution < -0.4 is 20.5 Å². The van der Waals surface area contributed by atoms with Gasteiger partial charge in [-0.3, -0.25) is 4.79 Å². The number of aromatic nitrogens is 1. The topological polar surface area (TPSA) is 95.7 Å². The summed E-state index contributed by atoms with van der Waals surface area (Å²) in [6.45, 7) is 6.72. The summed E-state index contributed by atoms with van der Waals surface area (Å²) in [5, 5.41) is 5.29. The number of thiazole rings is 1. The van der Waals surface area contributed by atoms with Crippen LogP contribution in [0.1, 0.15) is 27.2 Å². The lowest BCUT2D eigenvalue weighted by Crippen LogP contribution is -2.74. The number of nitrogens with zero attached hydrogens (tertiary/aromatic N) is 1. The summed E-state index contributed by atoms with van der Waals surface area (Å²) in [6.07, 6.45) is 0.485. The highest BCUT2D eigenvalue weighted by molar-refractivity contribution is 7.14. The van der Waals surface area contributed by atoms with Gasteiger partial charge in [-0.1, -0.05) is 13.8 Å². The second-order valence-corrected chi connectivity index (χ2v) is 8.26. The number of rotatable bonds is 5. The van der Waals surface area contributed by atoms with E-state index < -0.39 is 11.0 Å². The molecule has 2 aromatic rings. The first-order chi connectivity index (χ1) is 12.8. The van der Waals surface area contributed by atoms with Crippen LogP contribution >= 0.6 is 11.3 Å². The van der Waals surface area contributed by atoms with Crippen LogP contribution in [-0.2, 0) is 9.53 Å². The van der Waals surface area contributed by atoms with Gasteiger partial charge >= 0.3 is 0 Å². The molecule has 1 amide bonds. The predicted octanol–water partition coefficient (Wildman–Crippen LogP) is 3.01. The molecule has 2 aliphatic rings. The van der Waals surface area contributed by atoms with Crippen molar-refractivity contribution in [1.82, 2.24) is 4.98 Å². The van der Waals surface area contributed by atoms with Gasteiger partial charge in [-0.15, -0.1) is 11.3 Å². The fraction of sp³-hybridized carbons (Fsp3) is 0.474. The fourth-order valence-corrected chi connectivity index (χ4v) is 4.26. The van der Waals surface area contributed by atoms with Crippen LogP contribution in [0.2, 0.25) is 0 Å². The average molecular weight is 389 g/mol. The monoisotopic (exact) mass is 389 g/mol. The van der Waals surface area contributed by atoms with Crippen molar-refractivity contribution in [3.8, 4) is 22.8 Å². The molecule has 1 aliphatic carbocycles. The molecular weight excluding hydrogens is 366 g/mol. The minimum atomic E-state index is -0.975. The summed E-state index contributed by atoms with van der Waals surface area (Å²) in [6, 6.07) is 5.66. The highest BCUT2D eigenvalue weighted by Gasteiger charge is 2.63. The Bertz CT molecular complexity index is 882. The van der Waals surface area contributed by atoms with Gasteiger partial charge < -0.3 is 25.3 Å². The van der Waals surface area contributed by atoms with Crippen molar-refractivity contribution in [3.63, 3.8) is 0 Å². The molecule has 4 rings (SSSR count). The Balaban J connectivity index is 1.48. The molecule has 27 heavy (non-hydrogen) atoms. The molecule has 1 aromatic carbocycles. The lowest BCUT2D eigenvalue weighted by Gasteiger charge is -2.57. The molecule has 3 N–H and O–H groups in total. The fourth-order valence-electron chi connectivity index (χ4n) is 3.55. The number of amides is 1. The zero-order valence-electron chi connectivity index (χ0n) is 15.6.